The Morgan fingerprint density at radius 3 is 2.92 bits per heavy atom. The monoisotopic (exact) mass is 360 g/mol. The molecule has 26 heavy (non-hydrogen) atoms. The van der Waals surface area contributed by atoms with Crippen molar-refractivity contribution in [1.82, 2.24) is 20.4 Å². The molecule has 0 radical (unpaired) electrons. The molecule has 0 saturated heterocycles. The van der Waals surface area contributed by atoms with E-state index in [1.165, 1.54) is 32.1 Å². The first-order valence-corrected chi connectivity index (χ1v) is 8.98. The van der Waals surface area contributed by atoms with Crippen LogP contribution in [0.1, 0.15) is 37.9 Å². The first kappa shape index (κ1) is 18.4. The Bertz CT molecular complexity index is 758. The lowest BCUT2D eigenvalue weighted by molar-refractivity contribution is 0.170. The Hall–Kier alpha value is -2.41. The maximum absolute atomic E-state index is 13.7. The van der Waals surface area contributed by atoms with E-state index in [1.807, 2.05) is 16.8 Å². The van der Waals surface area contributed by atoms with Gasteiger partial charge in [0.25, 0.3) is 0 Å². The molecular weight excluding hydrogens is 335 g/mol. The molecule has 1 aliphatic carbocycles. The van der Waals surface area contributed by atoms with Gasteiger partial charge < -0.3 is 15.4 Å². The lowest BCUT2D eigenvalue weighted by Crippen LogP contribution is -2.25. The van der Waals surface area contributed by atoms with Crippen LogP contribution in [0.3, 0.4) is 0 Å². The fourth-order valence-electron chi connectivity index (χ4n) is 2.88. The minimum atomic E-state index is -0.446. The number of ether oxygens (including phenoxy) is 1. The highest BCUT2D eigenvalue weighted by molar-refractivity contribution is 5.66. The molecule has 1 aromatic carbocycles. The van der Waals surface area contributed by atoms with Crippen LogP contribution in [0.15, 0.2) is 30.3 Å². The van der Waals surface area contributed by atoms with Gasteiger partial charge in [-0.1, -0.05) is 12.1 Å². The van der Waals surface area contributed by atoms with Crippen LogP contribution >= 0.6 is 0 Å². The number of amides is 1. The van der Waals surface area contributed by atoms with Crippen molar-refractivity contribution < 1.29 is 13.9 Å². The lowest BCUT2D eigenvalue weighted by Gasteiger charge is -2.10. The second-order valence-electron chi connectivity index (χ2n) is 6.62. The van der Waals surface area contributed by atoms with Gasteiger partial charge in [-0.15, -0.1) is 0 Å². The van der Waals surface area contributed by atoms with Gasteiger partial charge in [-0.3, -0.25) is 4.68 Å². The zero-order valence-electron chi connectivity index (χ0n) is 15.2. The summed E-state index contributed by atoms with van der Waals surface area (Å²) >= 11 is 0. The van der Waals surface area contributed by atoms with Crippen LogP contribution in [0.25, 0.3) is 11.3 Å². The molecule has 3 rings (SSSR count). The molecule has 7 heteroatoms. The van der Waals surface area contributed by atoms with Crippen LogP contribution in [-0.4, -0.2) is 35.6 Å². The quantitative estimate of drug-likeness (QED) is 0.709. The van der Waals surface area contributed by atoms with Gasteiger partial charge in [0.15, 0.2) is 0 Å². The Balaban J connectivity index is 1.75. The fourth-order valence-corrected chi connectivity index (χ4v) is 2.88. The van der Waals surface area contributed by atoms with E-state index in [1.54, 1.807) is 6.07 Å². The van der Waals surface area contributed by atoms with Crippen LogP contribution in [0.5, 0.6) is 0 Å². The number of methoxy groups -OCH3 is 1. The number of benzene rings is 1. The molecule has 0 aliphatic heterocycles. The summed E-state index contributed by atoms with van der Waals surface area (Å²) in [7, 11) is 1.34. The van der Waals surface area contributed by atoms with Crippen LogP contribution in [0, 0.1) is 5.82 Å². The molecule has 6 nitrogen and oxygen atoms in total. The summed E-state index contributed by atoms with van der Waals surface area (Å²) in [5.41, 5.74) is 2.61. The summed E-state index contributed by atoms with van der Waals surface area (Å²) in [5.74, 6) is -0.270. The molecule has 1 atom stereocenters. The summed E-state index contributed by atoms with van der Waals surface area (Å²) in [6.07, 6.45) is 2.67. The van der Waals surface area contributed by atoms with Crippen LogP contribution in [-0.2, 0) is 11.3 Å². The first-order chi connectivity index (χ1) is 12.6. The van der Waals surface area contributed by atoms with Crippen molar-refractivity contribution in [3.05, 3.63) is 41.8 Å². The molecule has 1 amide bonds. The smallest absolute Gasteiger partial charge is 0.406 e. The molecule has 1 saturated carbocycles. The van der Waals surface area contributed by atoms with Gasteiger partial charge in [-0.2, -0.15) is 5.10 Å². The number of halogens is 1. The molecule has 0 bridgehead atoms. The molecule has 1 unspecified atom stereocenters. The predicted octanol–water partition coefficient (Wildman–Crippen LogP) is 3.25. The Morgan fingerprint density at radius 1 is 1.42 bits per heavy atom. The van der Waals surface area contributed by atoms with Gasteiger partial charge in [0.05, 0.1) is 18.5 Å². The highest BCUT2D eigenvalue weighted by atomic mass is 19.1. The third-order valence-electron chi connectivity index (χ3n) is 4.43. The highest BCUT2D eigenvalue weighted by Crippen LogP contribution is 2.27. The van der Waals surface area contributed by atoms with Gasteiger partial charge in [-0.05, 0) is 44.4 Å². The molecular formula is C19H25FN4O2. The molecule has 1 heterocycles. The minimum absolute atomic E-state index is 0.143. The van der Waals surface area contributed by atoms with Crippen molar-refractivity contribution >= 4 is 6.09 Å². The van der Waals surface area contributed by atoms with Crippen molar-refractivity contribution in [3.8, 4) is 11.3 Å². The molecule has 1 fully saturated rings. The van der Waals surface area contributed by atoms with Gasteiger partial charge >= 0.3 is 6.09 Å². The van der Waals surface area contributed by atoms with E-state index in [-0.39, 0.29) is 11.9 Å². The van der Waals surface area contributed by atoms with Gasteiger partial charge in [0.2, 0.25) is 0 Å². The number of rotatable bonds is 8. The summed E-state index contributed by atoms with van der Waals surface area (Å²) in [6, 6.07) is 9.27. The highest BCUT2D eigenvalue weighted by Gasteiger charge is 2.25. The van der Waals surface area contributed by atoms with E-state index >= 15 is 0 Å². The largest absolute Gasteiger partial charge is 0.453 e. The van der Waals surface area contributed by atoms with Crippen LogP contribution in [0.4, 0.5) is 9.18 Å². The summed E-state index contributed by atoms with van der Waals surface area (Å²) in [5, 5.41) is 10.9. The average Bonchev–Trinajstić information content (AvgIpc) is 3.34. The van der Waals surface area contributed by atoms with E-state index in [0.717, 1.165) is 17.0 Å². The predicted molar refractivity (Wildman–Crippen MR) is 97.2 cm³/mol. The van der Waals surface area contributed by atoms with Crippen LogP contribution < -0.4 is 10.6 Å². The molecule has 1 aliphatic rings. The van der Waals surface area contributed by atoms with E-state index < -0.39 is 6.09 Å². The Labute approximate surface area is 152 Å². The third-order valence-corrected chi connectivity index (χ3v) is 4.43. The number of nitrogens with one attached hydrogen (secondary N) is 2. The van der Waals surface area contributed by atoms with Crippen molar-refractivity contribution in [3.63, 3.8) is 0 Å². The van der Waals surface area contributed by atoms with Crippen molar-refractivity contribution in [2.45, 2.75) is 44.8 Å². The van der Waals surface area contributed by atoms with Gasteiger partial charge in [0, 0.05) is 30.7 Å². The SMILES string of the molecule is COC(=O)NCCCn1nc(C(C)NC2CC2)cc1-c1cccc(F)c1. The molecule has 1 aromatic heterocycles. The van der Waals surface area contributed by atoms with Crippen molar-refractivity contribution in [2.24, 2.45) is 0 Å². The number of hydrogen-bond acceptors (Lipinski definition) is 4. The third kappa shape index (κ3) is 4.82. The van der Waals surface area contributed by atoms with E-state index in [4.69, 9.17) is 5.10 Å². The zero-order chi connectivity index (χ0) is 18.5. The van der Waals surface area contributed by atoms with E-state index in [2.05, 4.69) is 22.3 Å². The van der Waals surface area contributed by atoms with E-state index in [9.17, 15) is 9.18 Å². The Kier molecular flexibility index (Phi) is 5.88. The molecule has 140 valence electrons. The number of aromatic nitrogens is 2. The number of nitrogens with zero attached hydrogens (tertiary/aromatic N) is 2. The first-order valence-electron chi connectivity index (χ1n) is 8.98. The molecule has 2 N–H and O–H groups in total. The van der Waals surface area contributed by atoms with Crippen molar-refractivity contribution in [2.75, 3.05) is 13.7 Å². The molecule has 0 spiro atoms. The number of carbonyl (C=O) groups excluding carboxylic acids is 1. The maximum Gasteiger partial charge on any atom is 0.406 e. The standard InChI is InChI=1S/C19H25FN4O2/c1-13(22-16-7-8-16)17-12-18(14-5-3-6-15(20)11-14)24(23-17)10-4-9-21-19(25)26-2/h3,5-6,11-13,16,22H,4,7-10H2,1-2H3,(H,21,25). The van der Waals surface area contributed by atoms with Gasteiger partial charge in [-0.25, -0.2) is 9.18 Å². The van der Waals surface area contributed by atoms with Crippen molar-refractivity contribution in [1.29, 1.82) is 0 Å². The zero-order valence-corrected chi connectivity index (χ0v) is 15.2. The second kappa shape index (κ2) is 8.31. The number of carbonyl (C=O) groups is 1. The second-order valence-corrected chi connectivity index (χ2v) is 6.62. The van der Waals surface area contributed by atoms with Gasteiger partial charge in [0.1, 0.15) is 5.82 Å². The topological polar surface area (TPSA) is 68.2 Å². The number of aryl methyl sites for hydroxylation is 1. The maximum atomic E-state index is 13.7. The normalized spacial score (nSPS) is 14.9. The summed E-state index contributed by atoms with van der Waals surface area (Å²) < 4.78 is 20.1. The summed E-state index contributed by atoms with van der Waals surface area (Å²) in [4.78, 5) is 11.1. The average molecular weight is 360 g/mol. The lowest BCUT2D eigenvalue weighted by atomic mass is 10.1. The Morgan fingerprint density at radius 2 is 2.23 bits per heavy atom. The number of hydrogen-bond donors (Lipinski definition) is 2. The summed E-state index contributed by atoms with van der Waals surface area (Å²) in [6.45, 7) is 3.20. The molecule has 2 aromatic rings. The van der Waals surface area contributed by atoms with Crippen LogP contribution in [0.2, 0.25) is 0 Å². The minimum Gasteiger partial charge on any atom is -0.453 e. The van der Waals surface area contributed by atoms with E-state index in [0.29, 0.717) is 25.6 Å². The fraction of sp³-hybridized carbons (Fsp3) is 0.474. The number of alkyl carbamates (subject to hydrolysis) is 1.